The molecule has 1 amide bonds. The van der Waals surface area contributed by atoms with Gasteiger partial charge in [-0.2, -0.15) is 8.42 Å². The van der Waals surface area contributed by atoms with Crippen LogP contribution in [-0.2, 0) is 22.1 Å². The van der Waals surface area contributed by atoms with Crippen molar-refractivity contribution in [3.8, 4) is 5.75 Å². The standard InChI is InChI=1S/C23H31NO4S/c1-7-29(26,27)28-21-10-8-9-18(15-21)16-24(17(2)3)22(25)19-11-13-20(14-12-19)23(4,5)6/h8-15,17H,7,16H2,1-6H3. The van der Waals surface area contributed by atoms with Crippen LogP contribution >= 0.6 is 0 Å². The predicted molar refractivity (Wildman–Crippen MR) is 117 cm³/mol. The Morgan fingerprint density at radius 2 is 1.69 bits per heavy atom. The van der Waals surface area contributed by atoms with Crippen molar-refractivity contribution in [2.75, 3.05) is 5.75 Å². The Morgan fingerprint density at radius 3 is 2.21 bits per heavy atom. The van der Waals surface area contributed by atoms with Crippen LogP contribution in [0.25, 0.3) is 0 Å². The number of amides is 1. The van der Waals surface area contributed by atoms with E-state index in [1.54, 1.807) is 23.1 Å². The quantitative estimate of drug-likeness (QED) is 0.609. The van der Waals surface area contributed by atoms with Crippen molar-refractivity contribution in [1.29, 1.82) is 0 Å². The maximum absolute atomic E-state index is 13.1. The summed E-state index contributed by atoms with van der Waals surface area (Å²) in [6, 6.07) is 14.6. The van der Waals surface area contributed by atoms with Crippen LogP contribution in [0, 0.1) is 0 Å². The number of nitrogens with zero attached hydrogens (tertiary/aromatic N) is 1. The molecule has 0 radical (unpaired) electrons. The molecule has 0 heterocycles. The summed E-state index contributed by atoms with van der Waals surface area (Å²) in [5.41, 5.74) is 2.64. The molecule has 2 aromatic carbocycles. The van der Waals surface area contributed by atoms with Gasteiger partial charge in [-0.1, -0.05) is 45.0 Å². The van der Waals surface area contributed by atoms with Gasteiger partial charge in [0.15, 0.2) is 0 Å². The molecular formula is C23H31NO4S. The van der Waals surface area contributed by atoms with Crippen molar-refractivity contribution in [1.82, 2.24) is 4.90 Å². The van der Waals surface area contributed by atoms with Crippen molar-refractivity contribution in [3.63, 3.8) is 0 Å². The first-order valence-electron chi connectivity index (χ1n) is 9.85. The van der Waals surface area contributed by atoms with Crippen LogP contribution in [-0.4, -0.2) is 31.0 Å². The number of carbonyl (C=O) groups is 1. The molecule has 0 atom stereocenters. The summed E-state index contributed by atoms with van der Waals surface area (Å²) in [6.07, 6.45) is 0. The summed E-state index contributed by atoms with van der Waals surface area (Å²) in [4.78, 5) is 14.9. The number of hydrogen-bond donors (Lipinski definition) is 0. The smallest absolute Gasteiger partial charge is 0.308 e. The molecule has 6 heteroatoms. The molecule has 2 rings (SSSR count). The largest absolute Gasteiger partial charge is 0.382 e. The summed E-state index contributed by atoms with van der Waals surface area (Å²) in [7, 11) is -3.59. The Balaban J connectivity index is 2.23. The lowest BCUT2D eigenvalue weighted by Gasteiger charge is -2.27. The van der Waals surface area contributed by atoms with E-state index in [1.807, 2.05) is 44.2 Å². The molecular weight excluding hydrogens is 386 g/mol. The molecule has 2 aromatic rings. The van der Waals surface area contributed by atoms with Crippen molar-refractivity contribution in [2.45, 2.75) is 59.5 Å². The molecule has 0 aromatic heterocycles. The zero-order chi connectivity index (χ0) is 21.8. The molecule has 5 nitrogen and oxygen atoms in total. The van der Waals surface area contributed by atoms with E-state index < -0.39 is 10.1 Å². The Bertz CT molecular complexity index is 942. The maximum atomic E-state index is 13.1. The molecule has 0 saturated heterocycles. The highest BCUT2D eigenvalue weighted by Gasteiger charge is 2.21. The van der Waals surface area contributed by atoms with Gasteiger partial charge in [0.25, 0.3) is 5.91 Å². The van der Waals surface area contributed by atoms with Gasteiger partial charge < -0.3 is 9.08 Å². The van der Waals surface area contributed by atoms with Crippen LogP contribution in [0.2, 0.25) is 0 Å². The first-order valence-corrected chi connectivity index (χ1v) is 11.4. The Morgan fingerprint density at radius 1 is 1.07 bits per heavy atom. The minimum absolute atomic E-state index is 0.0197. The maximum Gasteiger partial charge on any atom is 0.308 e. The van der Waals surface area contributed by atoms with Crippen LogP contribution in [0.4, 0.5) is 0 Å². The van der Waals surface area contributed by atoms with Crippen molar-refractivity contribution in [2.24, 2.45) is 0 Å². The van der Waals surface area contributed by atoms with E-state index in [0.29, 0.717) is 12.1 Å². The summed E-state index contributed by atoms with van der Waals surface area (Å²) >= 11 is 0. The summed E-state index contributed by atoms with van der Waals surface area (Å²) < 4.78 is 28.5. The Labute approximate surface area is 174 Å². The van der Waals surface area contributed by atoms with Gasteiger partial charge in [0.2, 0.25) is 0 Å². The number of rotatable bonds is 7. The fraction of sp³-hybridized carbons (Fsp3) is 0.435. The van der Waals surface area contributed by atoms with Gasteiger partial charge >= 0.3 is 10.1 Å². The number of hydrogen-bond acceptors (Lipinski definition) is 4. The molecule has 0 saturated carbocycles. The summed E-state index contributed by atoms with van der Waals surface area (Å²) in [5.74, 6) is 0.0984. The minimum atomic E-state index is -3.59. The third-order valence-electron chi connectivity index (χ3n) is 4.71. The van der Waals surface area contributed by atoms with Gasteiger partial charge in [0.1, 0.15) is 5.75 Å². The van der Waals surface area contributed by atoms with Crippen molar-refractivity contribution >= 4 is 16.0 Å². The van der Waals surface area contributed by atoms with E-state index in [9.17, 15) is 13.2 Å². The van der Waals surface area contributed by atoms with Gasteiger partial charge in [-0.05, 0) is 61.6 Å². The zero-order valence-corrected chi connectivity index (χ0v) is 18.9. The summed E-state index contributed by atoms with van der Waals surface area (Å²) in [6.45, 7) is 12.2. The molecule has 0 unspecified atom stereocenters. The fourth-order valence-corrected chi connectivity index (χ4v) is 3.38. The second kappa shape index (κ2) is 8.99. The van der Waals surface area contributed by atoms with E-state index in [4.69, 9.17) is 4.18 Å². The zero-order valence-electron chi connectivity index (χ0n) is 18.1. The van der Waals surface area contributed by atoms with Crippen LogP contribution in [0.3, 0.4) is 0 Å². The van der Waals surface area contributed by atoms with Gasteiger partial charge in [-0.15, -0.1) is 0 Å². The van der Waals surface area contributed by atoms with Crippen molar-refractivity contribution < 1.29 is 17.4 Å². The Kier molecular flexibility index (Phi) is 7.11. The van der Waals surface area contributed by atoms with E-state index in [-0.39, 0.29) is 28.9 Å². The lowest BCUT2D eigenvalue weighted by atomic mass is 9.86. The average Bonchev–Trinajstić information content (AvgIpc) is 2.65. The molecule has 0 fully saturated rings. The van der Waals surface area contributed by atoms with Crippen molar-refractivity contribution in [3.05, 3.63) is 65.2 Å². The number of benzene rings is 2. The number of carbonyl (C=O) groups excluding carboxylic acids is 1. The molecule has 29 heavy (non-hydrogen) atoms. The Hall–Kier alpha value is -2.34. The highest BCUT2D eigenvalue weighted by molar-refractivity contribution is 7.87. The minimum Gasteiger partial charge on any atom is -0.382 e. The molecule has 0 aliphatic carbocycles. The normalized spacial score (nSPS) is 12.1. The average molecular weight is 418 g/mol. The first kappa shape index (κ1) is 22.9. The third kappa shape index (κ3) is 6.32. The second-order valence-electron chi connectivity index (χ2n) is 8.43. The lowest BCUT2D eigenvalue weighted by molar-refractivity contribution is 0.0690. The van der Waals surface area contributed by atoms with Crippen LogP contribution in [0.15, 0.2) is 48.5 Å². The molecule has 0 bridgehead atoms. The van der Waals surface area contributed by atoms with E-state index in [0.717, 1.165) is 5.56 Å². The van der Waals surface area contributed by atoms with Crippen LogP contribution < -0.4 is 4.18 Å². The SMILES string of the molecule is CCS(=O)(=O)Oc1cccc(CN(C(=O)c2ccc(C(C)(C)C)cc2)C(C)C)c1. The first-order chi connectivity index (χ1) is 13.4. The van der Waals surface area contributed by atoms with Gasteiger partial charge in [0, 0.05) is 18.2 Å². The summed E-state index contributed by atoms with van der Waals surface area (Å²) in [5, 5.41) is 0. The van der Waals surface area contributed by atoms with E-state index in [1.165, 1.54) is 12.5 Å². The van der Waals surface area contributed by atoms with Gasteiger partial charge in [-0.25, -0.2) is 0 Å². The molecule has 0 N–H and O–H groups in total. The van der Waals surface area contributed by atoms with Gasteiger partial charge in [-0.3, -0.25) is 4.79 Å². The fourth-order valence-electron chi connectivity index (χ4n) is 2.87. The highest BCUT2D eigenvalue weighted by atomic mass is 32.2. The molecule has 0 aliphatic rings. The van der Waals surface area contributed by atoms with E-state index in [2.05, 4.69) is 20.8 Å². The molecule has 0 spiro atoms. The lowest BCUT2D eigenvalue weighted by Crippen LogP contribution is -2.36. The second-order valence-corrected chi connectivity index (χ2v) is 10.3. The highest BCUT2D eigenvalue weighted by Crippen LogP contribution is 2.24. The third-order valence-corrected chi connectivity index (χ3v) is 5.86. The predicted octanol–water partition coefficient (Wildman–Crippen LogP) is 4.76. The molecule has 158 valence electrons. The topological polar surface area (TPSA) is 63.7 Å². The van der Waals surface area contributed by atoms with Crippen LogP contribution in [0.1, 0.15) is 63.0 Å². The van der Waals surface area contributed by atoms with Gasteiger partial charge in [0.05, 0.1) is 5.75 Å². The molecule has 0 aliphatic heterocycles. The van der Waals surface area contributed by atoms with Crippen LogP contribution in [0.5, 0.6) is 5.75 Å². The van der Waals surface area contributed by atoms with E-state index >= 15 is 0 Å². The monoisotopic (exact) mass is 417 g/mol.